The third kappa shape index (κ3) is 2.46. The molecular weight excluding hydrogens is 246 g/mol. The van der Waals surface area contributed by atoms with Gasteiger partial charge in [0.25, 0.3) is 0 Å². The van der Waals surface area contributed by atoms with E-state index in [-0.39, 0.29) is 0 Å². The minimum atomic E-state index is 0.686. The van der Waals surface area contributed by atoms with Crippen LogP contribution in [-0.2, 0) is 13.5 Å². The zero-order chi connectivity index (χ0) is 13.1. The van der Waals surface area contributed by atoms with Crippen LogP contribution in [0, 0.1) is 6.92 Å². The number of hydrogen-bond acceptors (Lipinski definition) is 4. The number of thiophene rings is 1. The first kappa shape index (κ1) is 12.8. The van der Waals surface area contributed by atoms with Gasteiger partial charge in [-0.15, -0.1) is 11.3 Å². The number of hydrogen-bond donors (Lipinski definition) is 0. The number of carbonyl (C=O) groups is 1. The summed E-state index contributed by atoms with van der Waals surface area (Å²) in [5.74, 6) is 0.888. The lowest BCUT2D eigenvalue weighted by Gasteiger charge is -2.19. The van der Waals surface area contributed by atoms with Crippen LogP contribution in [-0.4, -0.2) is 29.7 Å². The van der Waals surface area contributed by atoms with Gasteiger partial charge in [-0.1, -0.05) is 6.07 Å². The molecule has 5 heteroatoms. The van der Waals surface area contributed by atoms with Gasteiger partial charge >= 0.3 is 0 Å². The van der Waals surface area contributed by atoms with E-state index in [4.69, 9.17) is 0 Å². The number of nitrogens with zero attached hydrogens (tertiary/aromatic N) is 3. The SMILES string of the molecule is Cc1nn(C)c(N(C)CCc2cccs2)c1C=O. The molecule has 2 aromatic heterocycles. The summed E-state index contributed by atoms with van der Waals surface area (Å²) in [5, 5.41) is 6.38. The van der Waals surface area contributed by atoms with Crippen molar-refractivity contribution in [2.24, 2.45) is 7.05 Å². The normalized spacial score (nSPS) is 10.6. The van der Waals surface area contributed by atoms with E-state index in [1.165, 1.54) is 4.88 Å². The van der Waals surface area contributed by atoms with Gasteiger partial charge in [0.15, 0.2) is 6.29 Å². The number of rotatable bonds is 5. The van der Waals surface area contributed by atoms with Crippen LogP contribution in [0.2, 0.25) is 0 Å². The van der Waals surface area contributed by atoms with E-state index in [1.807, 2.05) is 21.0 Å². The van der Waals surface area contributed by atoms with Crippen molar-refractivity contribution in [3.63, 3.8) is 0 Å². The fourth-order valence-corrected chi connectivity index (χ4v) is 2.79. The lowest BCUT2D eigenvalue weighted by Crippen LogP contribution is -2.23. The summed E-state index contributed by atoms with van der Waals surface area (Å²) < 4.78 is 1.77. The average Bonchev–Trinajstić information content (AvgIpc) is 2.93. The average molecular weight is 263 g/mol. The molecule has 0 saturated heterocycles. The molecule has 4 nitrogen and oxygen atoms in total. The molecular formula is C13H17N3OS. The maximum atomic E-state index is 11.1. The molecule has 0 amide bonds. The van der Waals surface area contributed by atoms with Gasteiger partial charge in [-0.2, -0.15) is 5.10 Å². The predicted molar refractivity (Wildman–Crippen MR) is 74.6 cm³/mol. The molecule has 0 unspecified atom stereocenters. The number of aldehydes is 1. The van der Waals surface area contributed by atoms with E-state index in [2.05, 4.69) is 27.5 Å². The minimum Gasteiger partial charge on any atom is -0.359 e. The second-order valence-corrected chi connectivity index (χ2v) is 5.35. The minimum absolute atomic E-state index is 0.686. The fourth-order valence-electron chi connectivity index (χ4n) is 2.09. The molecule has 0 fully saturated rings. The molecule has 0 aliphatic carbocycles. The van der Waals surface area contributed by atoms with E-state index in [1.54, 1.807) is 16.0 Å². The molecule has 2 heterocycles. The van der Waals surface area contributed by atoms with Crippen LogP contribution in [0.15, 0.2) is 17.5 Å². The summed E-state index contributed by atoms with van der Waals surface area (Å²) in [7, 11) is 3.87. The highest BCUT2D eigenvalue weighted by Crippen LogP contribution is 2.21. The van der Waals surface area contributed by atoms with Crippen LogP contribution >= 0.6 is 11.3 Å². The third-order valence-corrected chi connectivity index (χ3v) is 3.93. The van der Waals surface area contributed by atoms with Crippen LogP contribution in [0.1, 0.15) is 20.9 Å². The molecule has 0 aromatic carbocycles. The second-order valence-electron chi connectivity index (χ2n) is 4.32. The topological polar surface area (TPSA) is 38.1 Å². The second kappa shape index (κ2) is 5.35. The Morgan fingerprint density at radius 3 is 2.94 bits per heavy atom. The van der Waals surface area contributed by atoms with Crippen molar-refractivity contribution in [1.82, 2.24) is 9.78 Å². The molecule has 96 valence electrons. The van der Waals surface area contributed by atoms with Crippen molar-refractivity contribution in [1.29, 1.82) is 0 Å². The lowest BCUT2D eigenvalue weighted by atomic mass is 10.2. The molecule has 0 aliphatic heterocycles. The first-order chi connectivity index (χ1) is 8.63. The highest BCUT2D eigenvalue weighted by atomic mass is 32.1. The summed E-state index contributed by atoms with van der Waals surface area (Å²) in [6.07, 6.45) is 1.87. The molecule has 0 N–H and O–H groups in total. The Hall–Kier alpha value is -1.62. The van der Waals surface area contributed by atoms with Crippen molar-refractivity contribution in [2.45, 2.75) is 13.3 Å². The number of carbonyl (C=O) groups excluding carboxylic acids is 1. The van der Waals surface area contributed by atoms with Crippen LogP contribution in [0.25, 0.3) is 0 Å². The van der Waals surface area contributed by atoms with E-state index in [0.29, 0.717) is 5.56 Å². The van der Waals surface area contributed by atoms with Crippen LogP contribution in [0.5, 0.6) is 0 Å². The van der Waals surface area contributed by atoms with Gasteiger partial charge in [-0.3, -0.25) is 9.48 Å². The Kier molecular flexibility index (Phi) is 3.81. The quantitative estimate of drug-likeness (QED) is 0.777. The Bertz CT molecular complexity index is 531. The highest BCUT2D eigenvalue weighted by molar-refractivity contribution is 7.09. The Morgan fingerprint density at radius 1 is 1.56 bits per heavy atom. The number of aryl methyl sites for hydroxylation is 2. The summed E-state index contributed by atoms with van der Waals surface area (Å²) in [5.41, 5.74) is 1.47. The molecule has 0 bridgehead atoms. The Morgan fingerprint density at radius 2 is 2.33 bits per heavy atom. The Balaban J connectivity index is 2.13. The fraction of sp³-hybridized carbons (Fsp3) is 0.385. The molecule has 18 heavy (non-hydrogen) atoms. The molecule has 0 saturated carbocycles. The highest BCUT2D eigenvalue weighted by Gasteiger charge is 2.16. The first-order valence-electron chi connectivity index (χ1n) is 5.85. The molecule has 0 aliphatic rings. The summed E-state index contributed by atoms with van der Waals surface area (Å²) in [6.45, 7) is 2.74. The standard InChI is InChI=1S/C13H17N3OS/c1-10-12(9-17)13(16(3)14-10)15(2)7-6-11-5-4-8-18-11/h4-5,8-9H,6-7H2,1-3H3. The summed E-state index contributed by atoms with van der Waals surface area (Å²) >= 11 is 1.76. The van der Waals surface area contributed by atoms with Crippen molar-refractivity contribution >= 4 is 23.4 Å². The monoisotopic (exact) mass is 263 g/mol. The van der Waals surface area contributed by atoms with Crippen molar-refractivity contribution in [3.05, 3.63) is 33.6 Å². The van der Waals surface area contributed by atoms with Crippen molar-refractivity contribution < 1.29 is 4.79 Å². The van der Waals surface area contributed by atoms with Crippen molar-refractivity contribution in [3.8, 4) is 0 Å². The predicted octanol–water partition coefficient (Wildman–Crippen LogP) is 2.28. The van der Waals surface area contributed by atoms with Crippen LogP contribution in [0.4, 0.5) is 5.82 Å². The maximum absolute atomic E-state index is 11.1. The van der Waals surface area contributed by atoms with E-state index in [9.17, 15) is 4.79 Å². The van der Waals surface area contributed by atoms with Gasteiger partial charge in [0.1, 0.15) is 5.82 Å². The number of anilines is 1. The van der Waals surface area contributed by atoms with Gasteiger partial charge in [-0.05, 0) is 24.8 Å². The molecule has 0 atom stereocenters. The Labute approximate surface area is 111 Å². The summed E-state index contributed by atoms with van der Waals surface area (Å²) in [6, 6.07) is 4.19. The van der Waals surface area contributed by atoms with Crippen LogP contribution < -0.4 is 4.90 Å². The van der Waals surface area contributed by atoms with Gasteiger partial charge in [0, 0.05) is 25.5 Å². The molecule has 2 aromatic rings. The van der Waals surface area contributed by atoms with Gasteiger partial charge < -0.3 is 4.90 Å². The van der Waals surface area contributed by atoms with Gasteiger partial charge in [0.05, 0.1) is 11.3 Å². The molecule has 2 rings (SSSR count). The molecule has 0 spiro atoms. The number of aromatic nitrogens is 2. The zero-order valence-electron chi connectivity index (χ0n) is 10.9. The van der Waals surface area contributed by atoms with Crippen LogP contribution in [0.3, 0.4) is 0 Å². The molecule has 0 radical (unpaired) electrons. The van der Waals surface area contributed by atoms with E-state index < -0.39 is 0 Å². The maximum Gasteiger partial charge on any atom is 0.155 e. The van der Waals surface area contributed by atoms with Gasteiger partial charge in [-0.25, -0.2) is 0 Å². The van der Waals surface area contributed by atoms with E-state index in [0.717, 1.165) is 30.8 Å². The largest absolute Gasteiger partial charge is 0.359 e. The van der Waals surface area contributed by atoms with Gasteiger partial charge in [0.2, 0.25) is 0 Å². The summed E-state index contributed by atoms with van der Waals surface area (Å²) in [4.78, 5) is 14.6. The number of likely N-dealkylation sites (N-methyl/N-ethyl adjacent to an activating group) is 1. The smallest absolute Gasteiger partial charge is 0.155 e. The first-order valence-corrected chi connectivity index (χ1v) is 6.73. The third-order valence-electron chi connectivity index (χ3n) is 2.99. The van der Waals surface area contributed by atoms with Crippen molar-refractivity contribution in [2.75, 3.05) is 18.5 Å². The van der Waals surface area contributed by atoms with E-state index >= 15 is 0 Å². The lowest BCUT2D eigenvalue weighted by molar-refractivity contribution is 0.112. The zero-order valence-corrected chi connectivity index (χ0v) is 11.7.